The molecule has 1 amide bonds. The van der Waals surface area contributed by atoms with Crippen molar-refractivity contribution in [3.63, 3.8) is 0 Å². The van der Waals surface area contributed by atoms with Crippen LogP contribution >= 0.6 is 0 Å². The average molecular weight is 422 g/mol. The molecule has 0 radical (unpaired) electrons. The van der Waals surface area contributed by atoms with Gasteiger partial charge in [0.05, 0.1) is 27.9 Å². The van der Waals surface area contributed by atoms with Gasteiger partial charge < -0.3 is 9.64 Å². The number of ether oxygens (including phenoxy) is 1. The summed E-state index contributed by atoms with van der Waals surface area (Å²) in [6, 6.07) is 3.33. The molecule has 1 saturated heterocycles. The fraction of sp³-hybridized carbons (Fsp3) is 0.500. The molecule has 1 aromatic carbocycles. The lowest BCUT2D eigenvalue weighted by atomic mass is 10.2. The van der Waals surface area contributed by atoms with E-state index in [1.54, 1.807) is 20.8 Å². The Balaban J connectivity index is 1.82. The molecule has 11 heteroatoms. The van der Waals surface area contributed by atoms with Gasteiger partial charge in [-0.1, -0.05) is 0 Å². The Hall–Kier alpha value is -2.82. The number of benzene rings is 1. The highest BCUT2D eigenvalue weighted by Crippen LogP contribution is 2.25. The number of carbonyl (C=O) groups excluding carboxylic acids is 1. The van der Waals surface area contributed by atoms with Crippen LogP contribution in [0.4, 0.5) is 10.5 Å². The first kappa shape index (κ1) is 20.9. The van der Waals surface area contributed by atoms with E-state index in [1.165, 1.54) is 23.1 Å². The zero-order valence-corrected chi connectivity index (χ0v) is 17.2. The predicted octanol–water partition coefficient (Wildman–Crippen LogP) is 2.71. The third-order valence-electron chi connectivity index (χ3n) is 4.45. The molecule has 0 saturated carbocycles. The second-order valence-corrected chi connectivity index (χ2v) is 9.87. The number of sulfone groups is 1. The standard InChI is InChI=1S/C18H22N4O6S/c1-18(2,3)28-17(23)21-8-4-5-13(21)11-29(26,27)16-10-19-15-9-12(22(24)25)6-7-14(15)20-16/h6-7,9-10,13H,4-5,8,11H2,1-3H3. The molecule has 1 atom stereocenters. The summed E-state index contributed by atoms with van der Waals surface area (Å²) in [5.74, 6) is -0.292. The van der Waals surface area contributed by atoms with Gasteiger partial charge in [-0.2, -0.15) is 0 Å². The van der Waals surface area contributed by atoms with E-state index in [1.807, 2.05) is 0 Å². The van der Waals surface area contributed by atoms with E-state index in [-0.39, 0.29) is 27.5 Å². The van der Waals surface area contributed by atoms with Crippen molar-refractivity contribution in [2.75, 3.05) is 12.3 Å². The van der Waals surface area contributed by atoms with Crippen LogP contribution in [0.15, 0.2) is 29.4 Å². The number of amides is 1. The van der Waals surface area contributed by atoms with Crippen LogP contribution in [0.1, 0.15) is 33.6 Å². The number of fused-ring (bicyclic) bond motifs is 1. The summed E-state index contributed by atoms with van der Waals surface area (Å²) in [7, 11) is -3.83. The first-order chi connectivity index (χ1) is 13.5. The average Bonchev–Trinajstić information content (AvgIpc) is 3.06. The van der Waals surface area contributed by atoms with Crippen LogP contribution in [0.2, 0.25) is 0 Å². The Morgan fingerprint density at radius 2 is 2.07 bits per heavy atom. The normalized spacial score (nSPS) is 17.5. The lowest BCUT2D eigenvalue weighted by Crippen LogP contribution is -2.42. The molecule has 1 aromatic heterocycles. The molecule has 0 aliphatic carbocycles. The zero-order chi connectivity index (χ0) is 21.4. The van der Waals surface area contributed by atoms with E-state index < -0.39 is 32.5 Å². The molecule has 2 heterocycles. The quantitative estimate of drug-likeness (QED) is 0.542. The Bertz CT molecular complexity index is 1060. The summed E-state index contributed by atoms with van der Waals surface area (Å²) in [6.45, 7) is 5.69. The Morgan fingerprint density at radius 1 is 1.34 bits per heavy atom. The van der Waals surface area contributed by atoms with Crippen molar-refractivity contribution in [2.24, 2.45) is 0 Å². The molecule has 1 fully saturated rings. The monoisotopic (exact) mass is 422 g/mol. The first-order valence-electron chi connectivity index (χ1n) is 9.10. The van der Waals surface area contributed by atoms with Gasteiger partial charge in [-0.3, -0.25) is 15.1 Å². The van der Waals surface area contributed by atoms with Crippen LogP contribution in [-0.2, 0) is 14.6 Å². The van der Waals surface area contributed by atoms with E-state index in [2.05, 4.69) is 9.97 Å². The molecule has 29 heavy (non-hydrogen) atoms. The van der Waals surface area contributed by atoms with E-state index in [0.717, 1.165) is 6.20 Å². The Morgan fingerprint density at radius 3 is 2.72 bits per heavy atom. The minimum atomic E-state index is -3.83. The van der Waals surface area contributed by atoms with Gasteiger partial charge >= 0.3 is 6.09 Å². The van der Waals surface area contributed by atoms with Gasteiger partial charge in [0.1, 0.15) is 5.60 Å². The van der Waals surface area contributed by atoms with Crippen molar-refractivity contribution < 1.29 is 22.9 Å². The smallest absolute Gasteiger partial charge is 0.410 e. The molecule has 1 unspecified atom stereocenters. The third-order valence-corrected chi connectivity index (χ3v) is 6.11. The minimum Gasteiger partial charge on any atom is -0.444 e. The Labute approximate surface area is 168 Å². The Kier molecular flexibility index (Phi) is 5.44. The maximum absolute atomic E-state index is 12.9. The summed E-state index contributed by atoms with van der Waals surface area (Å²) in [5.41, 5.74) is -0.349. The number of nitrogens with zero attached hydrogens (tertiary/aromatic N) is 4. The molecule has 2 aromatic rings. The van der Waals surface area contributed by atoms with E-state index in [4.69, 9.17) is 4.74 Å². The highest BCUT2D eigenvalue weighted by Gasteiger charge is 2.36. The van der Waals surface area contributed by atoms with E-state index >= 15 is 0 Å². The highest BCUT2D eigenvalue weighted by molar-refractivity contribution is 7.91. The number of hydrogen-bond donors (Lipinski definition) is 0. The lowest BCUT2D eigenvalue weighted by molar-refractivity contribution is -0.384. The van der Waals surface area contributed by atoms with Crippen LogP contribution in [0, 0.1) is 10.1 Å². The van der Waals surface area contributed by atoms with Crippen LogP contribution in [0.25, 0.3) is 11.0 Å². The molecule has 156 valence electrons. The summed E-state index contributed by atoms with van der Waals surface area (Å²) in [4.78, 5) is 32.3. The number of hydrogen-bond acceptors (Lipinski definition) is 8. The molecular formula is C18H22N4O6S. The molecule has 0 bridgehead atoms. The second kappa shape index (κ2) is 7.54. The van der Waals surface area contributed by atoms with Gasteiger partial charge in [0.2, 0.25) is 0 Å². The van der Waals surface area contributed by atoms with Crippen molar-refractivity contribution in [1.82, 2.24) is 14.9 Å². The van der Waals surface area contributed by atoms with Crippen molar-refractivity contribution in [1.29, 1.82) is 0 Å². The number of nitro groups is 1. The molecule has 3 rings (SSSR count). The lowest BCUT2D eigenvalue weighted by Gasteiger charge is -2.28. The van der Waals surface area contributed by atoms with Crippen molar-refractivity contribution in [3.8, 4) is 0 Å². The largest absolute Gasteiger partial charge is 0.444 e. The van der Waals surface area contributed by atoms with Gasteiger partial charge in [0.15, 0.2) is 14.9 Å². The van der Waals surface area contributed by atoms with E-state index in [0.29, 0.717) is 19.4 Å². The third kappa shape index (κ3) is 4.78. The zero-order valence-electron chi connectivity index (χ0n) is 16.4. The summed E-state index contributed by atoms with van der Waals surface area (Å²) < 4.78 is 31.1. The van der Waals surface area contributed by atoms with Gasteiger partial charge in [0, 0.05) is 24.7 Å². The number of carbonyl (C=O) groups is 1. The van der Waals surface area contributed by atoms with Crippen molar-refractivity contribution in [2.45, 2.75) is 50.3 Å². The number of non-ortho nitro benzene ring substituents is 1. The predicted molar refractivity (Wildman–Crippen MR) is 104 cm³/mol. The highest BCUT2D eigenvalue weighted by atomic mass is 32.2. The summed E-state index contributed by atoms with van der Waals surface area (Å²) in [6.07, 6.45) is 1.79. The number of aromatic nitrogens is 2. The number of rotatable bonds is 4. The maximum Gasteiger partial charge on any atom is 0.410 e. The molecule has 1 aliphatic rings. The molecule has 0 N–H and O–H groups in total. The van der Waals surface area contributed by atoms with Gasteiger partial charge in [-0.05, 0) is 39.7 Å². The minimum absolute atomic E-state index is 0.152. The van der Waals surface area contributed by atoms with Crippen LogP contribution < -0.4 is 0 Å². The molecular weight excluding hydrogens is 400 g/mol. The van der Waals surface area contributed by atoms with E-state index in [9.17, 15) is 23.3 Å². The second-order valence-electron chi connectivity index (χ2n) is 7.89. The van der Waals surface area contributed by atoms with Gasteiger partial charge in [0.25, 0.3) is 5.69 Å². The van der Waals surface area contributed by atoms with Crippen molar-refractivity contribution >= 4 is 32.7 Å². The number of likely N-dealkylation sites (tertiary alicyclic amines) is 1. The maximum atomic E-state index is 12.9. The number of nitro benzene ring substituents is 1. The molecule has 0 spiro atoms. The molecule has 1 aliphatic heterocycles. The fourth-order valence-electron chi connectivity index (χ4n) is 3.15. The summed E-state index contributed by atoms with van der Waals surface area (Å²) in [5, 5.41) is 10.6. The SMILES string of the molecule is CC(C)(C)OC(=O)N1CCCC1CS(=O)(=O)c1cnc2cc([N+](=O)[O-])ccc2n1. The van der Waals surface area contributed by atoms with Crippen molar-refractivity contribution in [3.05, 3.63) is 34.5 Å². The summed E-state index contributed by atoms with van der Waals surface area (Å²) >= 11 is 0. The topological polar surface area (TPSA) is 133 Å². The van der Waals surface area contributed by atoms with Crippen LogP contribution in [0.3, 0.4) is 0 Å². The van der Waals surface area contributed by atoms with Crippen LogP contribution in [0.5, 0.6) is 0 Å². The van der Waals surface area contributed by atoms with Gasteiger partial charge in [-0.15, -0.1) is 0 Å². The first-order valence-corrected chi connectivity index (χ1v) is 10.7. The fourth-order valence-corrected chi connectivity index (χ4v) is 4.63. The van der Waals surface area contributed by atoms with Crippen LogP contribution in [-0.4, -0.2) is 58.2 Å². The van der Waals surface area contributed by atoms with Gasteiger partial charge in [-0.25, -0.2) is 18.2 Å². The molecule has 10 nitrogen and oxygen atoms in total.